The minimum Gasteiger partial charge on any atom is -0.507 e. The maximum atomic E-state index is 14.3. The number of ether oxygens (including phenoxy) is 16. The van der Waals surface area contributed by atoms with Gasteiger partial charge in [-0.2, -0.15) is 0 Å². The Morgan fingerprint density at radius 1 is 0.686 bits per heavy atom. The number of phenolic OH excluding ortho intramolecular Hbond substituents is 2. The summed E-state index contributed by atoms with van der Waals surface area (Å²) in [6.45, 7) is 7.80. The van der Waals surface area contributed by atoms with Crippen LogP contribution in [0.15, 0.2) is 54.7 Å². The van der Waals surface area contributed by atoms with Gasteiger partial charge >= 0.3 is 17.7 Å². The third-order valence-electron chi connectivity index (χ3n) is 19.5. The predicted molar refractivity (Wildman–Crippen MR) is 397 cm³/mol. The lowest BCUT2D eigenvalue weighted by Crippen LogP contribution is -2.61. The number of carboxylic acid groups (broad SMARTS) is 1. The lowest BCUT2D eigenvalue weighted by atomic mass is 9.72. The summed E-state index contributed by atoms with van der Waals surface area (Å²) in [5.74, 6) is -7.81. The van der Waals surface area contributed by atoms with Crippen molar-refractivity contribution in [3.63, 3.8) is 0 Å². The second kappa shape index (κ2) is 46.3. The quantitative estimate of drug-likeness (QED) is 0.00753. The van der Waals surface area contributed by atoms with Crippen molar-refractivity contribution >= 4 is 52.8 Å². The normalized spacial score (nSPS) is 22.4. The average molecular weight is 1670 g/mol. The molecule has 2 fully saturated rings. The first-order valence-corrected chi connectivity index (χ1v) is 38.4. The van der Waals surface area contributed by atoms with Crippen LogP contribution in [0.3, 0.4) is 0 Å². The number of aromatic hydroxyl groups is 2. The van der Waals surface area contributed by atoms with Crippen LogP contribution in [0.4, 0.5) is 10.5 Å². The number of rotatable bonds is 53. The van der Waals surface area contributed by atoms with Gasteiger partial charge in [0.2, 0.25) is 18.0 Å². The Balaban J connectivity index is 0.658. The largest absolute Gasteiger partial charge is 0.507 e. The molecule has 4 aromatic rings. The van der Waals surface area contributed by atoms with E-state index in [-0.39, 0.29) is 96.4 Å². The summed E-state index contributed by atoms with van der Waals surface area (Å²) in [6.07, 6.45) is -15.2. The molecule has 650 valence electrons. The van der Waals surface area contributed by atoms with Crippen LogP contribution in [0.25, 0.3) is 0 Å². The number of nitro groups is 1. The van der Waals surface area contributed by atoms with Crippen LogP contribution in [-0.2, 0) is 110 Å². The number of aliphatic hydroxyl groups excluding tert-OH is 5. The molecule has 9 rings (SSSR count). The number of benzene rings is 3. The van der Waals surface area contributed by atoms with Crippen LogP contribution in [0.2, 0.25) is 0 Å². The summed E-state index contributed by atoms with van der Waals surface area (Å²) in [4.78, 5) is 116. The molecule has 2 aliphatic carbocycles. The fourth-order valence-electron chi connectivity index (χ4n) is 13.4. The number of hydrogen-bond acceptors (Lipinski definition) is 36. The number of unbranched alkanes of at least 4 members (excludes halogenated alkanes) is 2. The molecule has 0 saturated carbocycles. The van der Waals surface area contributed by atoms with E-state index in [4.69, 9.17) is 75.8 Å². The molecule has 0 bridgehead atoms. The number of amides is 4. The number of Topliss-reactive ketones (excluding diaryl/α,β-unsaturated/α-hetero) is 1. The number of carbonyl (C=O) groups is 8. The molecule has 0 spiro atoms. The van der Waals surface area contributed by atoms with Gasteiger partial charge in [-0.25, -0.2) is 14.3 Å². The van der Waals surface area contributed by atoms with E-state index in [1.165, 1.54) is 66.2 Å². The van der Waals surface area contributed by atoms with Crippen molar-refractivity contribution in [3.05, 3.63) is 109 Å². The molecule has 1 unspecified atom stereocenters. The molecule has 1 aromatic heterocycles. The molecule has 11 N–H and O–H groups in total. The first-order chi connectivity index (χ1) is 56.8. The lowest BCUT2D eigenvalue weighted by Gasteiger charge is -2.42. The first kappa shape index (κ1) is 92.6. The summed E-state index contributed by atoms with van der Waals surface area (Å²) in [5, 5.41) is 125. The van der Waals surface area contributed by atoms with E-state index in [2.05, 4.69) is 20.9 Å². The topological polar surface area (TPSA) is 567 Å². The van der Waals surface area contributed by atoms with Crippen LogP contribution in [-0.4, -0.2) is 338 Å². The zero-order valence-electron chi connectivity index (χ0n) is 65.0. The van der Waals surface area contributed by atoms with Crippen LogP contribution in [0, 0.1) is 10.1 Å². The van der Waals surface area contributed by atoms with Crippen molar-refractivity contribution in [2.24, 2.45) is 0 Å². The highest BCUT2D eigenvalue weighted by Gasteiger charge is 2.52. The Morgan fingerprint density at radius 2 is 1.26 bits per heavy atom. The van der Waals surface area contributed by atoms with Gasteiger partial charge in [-0.05, 0) is 37.5 Å². The van der Waals surface area contributed by atoms with Crippen molar-refractivity contribution in [3.8, 4) is 23.0 Å². The van der Waals surface area contributed by atoms with E-state index in [9.17, 15) is 94.4 Å². The molecule has 42 heteroatoms. The fourth-order valence-corrected chi connectivity index (χ4v) is 13.4. The van der Waals surface area contributed by atoms with E-state index >= 15 is 0 Å². The number of ketones is 3. The molecular formula is C76H101N7O35. The minimum absolute atomic E-state index is 0.0288. The smallest absolute Gasteiger partial charge is 0.408 e. The molecule has 118 heavy (non-hydrogen) atoms. The molecular weight excluding hydrogens is 1570 g/mol. The number of fused-ring (bicyclic) bond motifs is 3. The maximum absolute atomic E-state index is 14.3. The average Bonchev–Trinajstić information content (AvgIpc) is 0.781. The van der Waals surface area contributed by atoms with Gasteiger partial charge in [0.1, 0.15) is 60.0 Å². The van der Waals surface area contributed by atoms with Crippen molar-refractivity contribution < 1.29 is 165 Å². The molecule has 5 aliphatic rings. The number of hydrogen-bond donors (Lipinski definition) is 11. The summed E-state index contributed by atoms with van der Waals surface area (Å²) in [6, 6.07) is 5.91. The Hall–Kier alpha value is -9.26. The number of carboxylic acids is 1. The summed E-state index contributed by atoms with van der Waals surface area (Å²) in [7, 11) is 1.25. The number of nitro benzene ring substituents is 1. The Bertz CT molecular complexity index is 4050. The minimum atomic E-state index is -2.52. The molecule has 12 atom stereocenters. The Labute approximate surface area is 675 Å². The number of nitrogens with one attached hydrogen (secondary N) is 2. The third-order valence-corrected chi connectivity index (χ3v) is 19.5. The van der Waals surface area contributed by atoms with E-state index < -0.39 is 167 Å². The second-order valence-corrected chi connectivity index (χ2v) is 27.6. The number of aromatic nitrogens is 3. The standard InChI is InChI=1S/C76H101N7O35/c1-44-64(89)49(39-59(114-44)115-54-41-76(100,55(85)43-84)40-48-61(54)68(93)63-62(66(48)91)65(90)47-7-6-8-52(103-2)60(47)67(63)92)78-75(99)117-53(45-10-11-51(50(37-45)83(101)102)116-74-71(96)69(94)70(95)72(118-74)73(97)98)38-46-42-81(80-79-46)16-18-105-20-22-107-24-26-109-28-30-111-32-34-113-36-35-112-33-31-110-29-27-108-25-23-106-21-19-104-17-14-77-56(86)9-4-3-5-15-82-57(87)12-13-58(82)88/h6-8,10-13,37,42,44,49,53-54,59,64,69-72,74,84,89,91,93-96,100H,3-5,9,14-36,38-41,43H2,1-2H3,(H,77,86)(H,78,99)(H,97,98)/t44-,49-,53?,54-,59-,64+,69-,70-,71+,72-,74+,76-/m0/s1. The van der Waals surface area contributed by atoms with Crippen molar-refractivity contribution in [2.75, 3.05) is 159 Å². The van der Waals surface area contributed by atoms with Gasteiger partial charge in [-0.1, -0.05) is 29.8 Å². The highest BCUT2D eigenvalue weighted by molar-refractivity contribution is 6.31. The molecule has 4 amide bonds. The van der Waals surface area contributed by atoms with E-state index in [1.54, 1.807) is 0 Å². The highest BCUT2D eigenvalue weighted by atomic mass is 16.7. The van der Waals surface area contributed by atoms with Gasteiger partial charge in [0.05, 0.1) is 191 Å². The van der Waals surface area contributed by atoms with Gasteiger partial charge < -0.3 is 132 Å². The fraction of sp³-hybridized carbons (Fsp3) is 0.605. The first-order valence-electron chi connectivity index (χ1n) is 38.4. The number of aliphatic carboxylic acids is 1. The molecule has 3 aliphatic heterocycles. The molecule has 42 nitrogen and oxygen atoms in total. The molecule has 3 aromatic carbocycles. The van der Waals surface area contributed by atoms with Gasteiger partial charge in [0.25, 0.3) is 11.8 Å². The molecule has 0 radical (unpaired) electrons. The Morgan fingerprint density at radius 3 is 1.83 bits per heavy atom. The van der Waals surface area contributed by atoms with Crippen LogP contribution < -0.4 is 20.1 Å². The zero-order chi connectivity index (χ0) is 84.8. The van der Waals surface area contributed by atoms with Crippen LogP contribution in [0.1, 0.15) is 112 Å². The van der Waals surface area contributed by atoms with Gasteiger partial charge in [0, 0.05) is 86.3 Å². The summed E-state index contributed by atoms with van der Waals surface area (Å²) in [5.41, 5.74) is -5.71. The van der Waals surface area contributed by atoms with Crippen molar-refractivity contribution in [2.45, 2.75) is 138 Å². The third kappa shape index (κ3) is 25.6. The monoisotopic (exact) mass is 1670 g/mol. The number of carbonyl (C=O) groups excluding carboxylic acids is 7. The zero-order valence-corrected chi connectivity index (χ0v) is 65.0. The maximum Gasteiger partial charge on any atom is 0.408 e. The number of methoxy groups -OCH3 is 1. The lowest BCUT2D eigenvalue weighted by molar-refractivity contribution is -0.387. The SMILES string of the molecule is COc1cccc2c1C(=O)c1c(O)c3c(c(O)c1C2=O)C[C@@](O)(C(=O)CO)C[C@@H]3O[C@H]1C[C@H](NC(=O)OC(Cc2cn(CCOCCOCCOCCOCCOCCOCCOCCOCCOCCOCCNC(=O)CCCCCN3C(=O)C=CC3=O)nn2)c2ccc(O[C@@H]3O[C@H](C(=O)O)[C@@H](O)[C@H](O)[C@H]3O)c([N+](=O)[O-])c2)[C@H](O)[C@H](C)O1. The Kier molecular flexibility index (Phi) is 36.4. The summed E-state index contributed by atoms with van der Waals surface area (Å²) < 4.78 is 91.3. The van der Waals surface area contributed by atoms with Crippen molar-refractivity contribution in [1.82, 2.24) is 30.5 Å². The number of imide groups is 1. The number of phenols is 2. The highest BCUT2D eigenvalue weighted by Crippen LogP contribution is 2.53. The summed E-state index contributed by atoms with van der Waals surface area (Å²) >= 11 is 0. The second-order valence-electron chi connectivity index (χ2n) is 27.6. The predicted octanol–water partition coefficient (Wildman–Crippen LogP) is -0.709. The number of alkyl carbamates (subject to hydrolysis) is 1. The van der Waals surface area contributed by atoms with Gasteiger partial charge in [0.15, 0.2) is 29.7 Å². The molecule has 2 saturated heterocycles. The van der Waals surface area contributed by atoms with Crippen molar-refractivity contribution in [1.29, 1.82) is 0 Å². The van der Waals surface area contributed by atoms with E-state index in [1.807, 2.05) is 0 Å². The van der Waals surface area contributed by atoms with Gasteiger partial charge in [-0.15, -0.1) is 5.10 Å². The van der Waals surface area contributed by atoms with E-state index in [0.717, 1.165) is 18.6 Å². The van der Waals surface area contributed by atoms with Gasteiger partial charge in [-0.3, -0.25) is 43.8 Å². The number of aliphatic hydroxyl groups is 6. The van der Waals surface area contributed by atoms with Crippen LogP contribution in [0.5, 0.6) is 23.0 Å². The number of nitrogens with zero attached hydrogens (tertiary/aromatic N) is 5. The molecule has 4 heterocycles. The van der Waals surface area contributed by atoms with E-state index in [0.29, 0.717) is 138 Å². The van der Waals surface area contributed by atoms with Crippen LogP contribution >= 0.6 is 0 Å².